The van der Waals surface area contributed by atoms with Gasteiger partial charge in [-0.3, -0.25) is 0 Å². The van der Waals surface area contributed by atoms with Gasteiger partial charge in [-0.05, 0) is 50.0 Å². The maximum atomic E-state index is 12.3. The Morgan fingerprint density at radius 1 is 1.09 bits per heavy atom. The lowest BCUT2D eigenvalue weighted by atomic mass is 9.86. The molecule has 4 unspecified atom stereocenters. The summed E-state index contributed by atoms with van der Waals surface area (Å²) < 4.78 is 0. The summed E-state index contributed by atoms with van der Waals surface area (Å²) in [6.07, 6.45) is 7.32. The number of urea groups is 1. The Hall–Kier alpha value is -0.770. The number of amides is 2. The quantitative estimate of drug-likeness (QED) is 0.785. The SMILES string of the molecule is CC1CCCC(N(C)C(=O)NCCCN2CC(C)CC(C)C2)C1. The lowest BCUT2D eigenvalue weighted by molar-refractivity contribution is 0.138. The number of carbonyl (C=O) groups is 1. The van der Waals surface area contributed by atoms with Crippen LogP contribution >= 0.6 is 0 Å². The highest BCUT2D eigenvalue weighted by atomic mass is 16.2. The Bertz CT molecular complexity index is 364. The summed E-state index contributed by atoms with van der Waals surface area (Å²) in [7, 11) is 1.96. The van der Waals surface area contributed by atoms with Crippen LogP contribution in [0, 0.1) is 17.8 Å². The Balaban J connectivity index is 1.62. The van der Waals surface area contributed by atoms with Crippen LogP contribution in [0.3, 0.4) is 0 Å². The average Bonchev–Trinajstić information content (AvgIpc) is 2.49. The van der Waals surface area contributed by atoms with Crippen molar-refractivity contribution in [2.45, 2.75) is 65.3 Å². The summed E-state index contributed by atoms with van der Waals surface area (Å²) in [4.78, 5) is 16.8. The number of nitrogens with one attached hydrogen (secondary N) is 1. The molecule has 4 atom stereocenters. The van der Waals surface area contributed by atoms with E-state index in [1.54, 1.807) is 0 Å². The van der Waals surface area contributed by atoms with Crippen molar-refractivity contribution in [1.82, 2.24) is 15.1 Å². The number of likely N-dealkylation sites (tertiary alicyclic amines) is 1. The number of hydrogen-bond donors (Lipinski definition) is 1. The van der Waals surface area contributed by atoms with Gasteiger partial charge < -0.3 is 15.1 Å². The normalized spacial score (nSPS) is 32.5. The molecule has 0 aromatic heterocycles. The van der Waals surface area contributed by atoms with E-state index in [1.807, 2.05) is 11.9 Å². The predicted octanol–water partition coefficient (Wildman–Crippen LogP) is 3.57. The fourth-order valence-electron chi connectivity index (χ4n) is 4.52. The van der Waals surface area contributed by atoms with Gasteiger partial charge in [0, 0.05) is 32.7 Å². The molecule has 2 aliphatic rings. The van der Waals surface area contributed by atoms with Gasteiger partial charge in [-0.25, -0.2) is 4.79 Å². The third kappa shape index (κ3) is 5.98. The monoisotopic (exact) mass is 323 g/mol. The summed E-state index contributed by atoms with van der Waals surface area (Å²) in [5, 5.41) is 3.12. The van der Waals surface area contributed by atoms with Crippen molar-refractivity contribution in [1.29, 1.82) is 0 Å². The van der Waals surface area contributed by atoms with E-state index in [0.29, 0.717) is 6.04 Å². The molecular formula is C19H37N3O. The van der Waals surface area contributed by atoms with E-state index in [9.17, 15) is 4.79 Å². The molecule has 0 spiro atoms. The van der Waals surface area contributed by atoms with Crippen molar-refractivity contribution in [3.8, 4) is 0 Å². The van der Waals surface area contributed by atoms with E-state index in [2.05, 4.69) is 31.0 Å². The second-order valence-electron chi connectivity index (χ2n) is 8.33. The topological polar surface area (TPSA) is 35.6 Å². The van der Waals surface area contributed by atoms with Gasteiger partial charge in [0.05, 0.1) is 0 Å². The fraction of sp³-hybridized carbons (Fsp3) is 0.947. The molecule has 4 heteroatoms. The van der Waals surface area contributed by atoms with Crippen LogP contribution in [0.15, 0.2) is 0 Å². The first-order chi connectivity index (χ1) is 11.0. The average molecular weight is 324 g/mol. The van der Waals surface area contributed by atoms with Crippen molar-refractivity contribution >= 4 is 6.03 Å². The van der Waals surface area contributed by atoms with Gasteiger partial charge >= 0.3 is 6.03 Å². The van der Waals surface area contributed by atoms with Gasteiger partial charge in [-0.15, -0.1) is 0 Å². The molecule has 2 amide bonds. The van der Waals surface area contributed by atoms with Gasteiger partial charge in [-0.2, -0.15) is 0 Å². The molecule has 0 radical (unpaired) electrons. The zero-order chi connectivity index (χ0) is 16.8. The lowest BCUT2D eigenvalue weighted by Crippen LogP contribution is -2.46. The minimum absolute atomic E-state index is 0.115. The van der Waals surface area contributed by atoms with Crippen LogP contribution in [0.1, 0.15) is 59.3 Å². The number of hydrogen-bond acceptors (Lipinski definition) is 2. The second kappa shape index (κ2) is 8.91. The molecule has 4 nitrogen and oxygen atoms in total. The van der Waals surface area contributed by atoms with Crippen LogP contribution < -0.4 is 5.32 Å². The zero-order valence-corrected chi connectivity index (χ0v) is 15.7. The predicted molar refractivity (Wildman–Crippen MR) is 96.6 cm³/mol. The van der Waals surface area contributed by atoms with Crippen molar-refractivity contribution in [2.75, 3.05) is 33.2 Å². The van der Waals surface area contributed by atoms with Crippen molar-refractivity contribution < 1.29 is 4.79 Å². The van der Waals surface area contributed by atoms with Crippen LogP contribution in [0.25, 0.3) is 0 Å². The standard InChI is InChI=1S/C19H37N3O/c1-15-7-5-8-18(12-15)21(4)19(23)20-9-6-10-22-13-16(2)11-17(3)14-22/h15-18H,5-14H2,1-4H3,(H,20,23). The van der Waals surface area contributed by atoms with Crippen molar-refractivity contribution in [3.63, 3.8) is 0 Å². The van der Waals surface area contributed by atoms with Crippen LogP contribution in [0.2, 0.25) is 0 Å². The summed E-state index contributed by atoms with van der Waals surface area (Å²) in [5.74, 6) is 2.38. The van der Waals surface area contributed by atoms with Crippen LogP contribution in [-0.2, 0) is 0 Å². The maximum Gasteiger partial charge on any atom is 0.317 e. The van der Waals surface area contributed by atoms with Gasteiger partial charge in [0.15, 0.2) is 0 Å². The van der Waals surface area contributed by atoms with E-state index in [1.165, 1.54) is 32.4 Å². The molecule has 2 fully saturated rings. The highest BCUT2D eigenvalue weighted by Crippen LogP contribution is 2.26. The highest BCUT2D eigenvalue weighted by molar-refractivity contribution is 5.74. The first kappa shape index (κ1) is 18.6. The molecule has 0 bridgehead atoms. The van der Waals surface area contributed by atoms with E-state index >= 15 is 0 Å². The molecule has 1 heterocycles. The van der Waals surface area contributed by atoms with E-state index in [-0.39, 0.29) is 6.03 Å². The molecule has 23 heavy (non-hydrogen) atoms. The Labute approximate surface area is 143 Å². The summed E-state index contributed by atoms with van der Waals surface area (Å²) in [6.45, 7) is 11.4. The van der Waals surface area contributed by atoms with Crippen LogP contribution in [0.5, 0.6) is 0 Å². The summed E-state index contributed by atoms with van der Waals surface area (Å²) in [6, 6.07) is 0.548. The van der Waals surface area contributed by atoms with E-state index in [4.69, 9.17) is 0 Å². The summed E-state index contributed by atoms with van der Waals surface area (Å²) in [5.41, 5.74) is 0. The molecular weight excluding hydrogens is 286 g/mol. The number of carbonyl (C=O) groups excluding carboxylic acids is 1. The van der Waals surface area contributed by atoms with Gasteiger partial charge in [0.2, 0.25) is 0 Å². The molecule has 0 aromatic carbocycles. The van der Waals surface area contributed by atoms with E-state index < -0.39 is 0 Å². The van der Waals surface area contributed by atoms with Crippen LogP contribution in [0.4, 0.5) is 4.79 Å². The third-order valence-corrected chi connectivity index (χ3v) is 5.65. The largest absolute Gasteiger partial charge is 0.338 e. The Morgan fingerprint density at radius 2 is 1.78 bits per heavy atom. The Kier molecular flexibility index (Phi) is 7.19. The number of rotatable bonds is 5. The van der Waals surface area contributed by atoms with Crippen molar-refractivity contribution in [2.24, 2.45) is 17.8 Å². The zero-order valence-electron chi connectivity index (χ0n) is 15.7. The van der Waals surface area contributed by atoms with Gasteiger partial charge in [-0.1, -0.05) is 33.6 Å². The number of nitrogens with zero attached hydrogens (tertiary/aromatic N) is 2. The smallest absolute Gasteiger partial charge is 0.317 e. The molecule has 2 rings (SSSR count). The maximum absolute atomic E-state index is 12.3. The van der Waals surface area contributed by atoms with Crippen molar-refractivity contribution in [3.05, 3.63) is 0 Å². The molecule has 0 aromatic rings. The molecule has 1 saturated heterocycles. The molecule has 1 aliphatic heterocycles. The van der Waals surface area contributed by atoms with Gasteiger partial charge in [0.1, 0.15) is 0 Å². The first-order valence-electron chi connectivity index (χ1n) is 9.68. The second-order valence-corrected chi connectivity index (χ2v) is 8.33. The minimum atomic E-state index is 0.115. The minimum Gasteiger partial charge on any atom is -0.338 e. The number of piperidine rings is 1. The summed E-state index contributed by atoms with van der Waals surface area (Å²) >= 11 is 0. The van der Waals surface area contributed by atoms with Gasteiger partial charge in [0.25, 0.3) is 0 Å². The molecule has 1 saturated carbocycles. The fourth-order valence-corrected chi connectivity index (χ4v) is 4.52. The highest BCUT2D eigenvalue weighted by Gasteiger charge is 2.25. The lowest BCUT2D eigenvalue weighted by Gasteiger charge is -2.35. The molecule has 1 N–H and O–H groups in total. The third-order valence-electron chi connectivity index (χ3n) is 5.65. The first-order valence-corrected chi connectivity index (χ1v) is 9.68. The van der Waals surface area contributed by atoms with Crippen LogP contribution in [-0.4, -0.2) is 55.1 Å². The molecule has 1 aliphatic carbocycles. The molecule has 134 valence electrons. The van der Waals surface area contributed by atoms with E-state index in [0.717, 1.165) is 50.1 Å². The Morgan fingerprint density at radius 3 is 2.43 bits per heavy atom.